The molecule has 3 aromatic heterocycles. The maximum Gasteiger partial charge on any atom is 0.416 e. The van der Waals surface area contributed by atoms with Gasteiger partial charge in [-0.15, -0.1) is 0 Å². The van der Waals surface area contributed by atoms with E-state index in [-0.39, 0.29) is 12.2 Å². The van der Waals surface area contributed by atoms with Crippen LogP contribution in [0, 0.1) is 20.8 Å². The molecule has 5 rings (SSSR count). The van der Waals surface area contributed by atoms with Crippen LogP contribution in [-0.2, 0) is 12.8 Å². The van der Waals surface area contributed by atoms with Crippen molar-refractivity contribution in [3.05, 3.63) is 111 Å². The minimum absolute atomic E-state index is 0.0225. The molecule has 0 amide bonds. The van der Waals surface area contributed by atoms with Gasteiger partial charge in [-0.25, -0.2) is 9.67 Å². The standard InChI is InChI=1S/C28H23F3N4O2/c1-17-6-12-22(13-7-17)35-18(2)15-23(33-35)25-19(3)32-26-24(5-4-14-34(26)27(25)36)37-16-20-8-10-21(11-9-20)28(29,30)31/h4-15H,16H2,1-3H3. The molecule has 0 unspecified atom stereocenters. The summed E-state index contributed by atoms with van der Waals surface area (Å²) in [5, 5.41) is 4.68. The first-order valence-electron chi connectivity index (χ1n) is 11.6. The highest BCUT2D eigenvalue weighted by molar-refractivity contribution is 5.65. The Kier molecular flexibility index (Phi) is 6.07. The molecule has 188 valence electrons. The molecule has 5 aromatic rings. The number of hydrogen-bond acceptors (Lipinski definition) is 4. The third-order valence-electron chi connectivity index (χ3n) is 6.10. The van der Waals surface area contributed by atoms with Gasteiger partial charge in [0.25, 0.3) is 5.56 Å². The van der Waals surface area contributed by atoms with E-state index in [2.05, 4.69) is 10.1 Å². The zero-order valence-corrected chi connectivity index (χ0v) is 20.4. The maximum absolute atomic E-state index is 13.5. The fraction of sp³-hybridized carbons (Fsp3) is 0.179. The van der Waals surface area contributed by atoms with Crippen LogP contribution < -0.4 is 10.3 Å². The highest BCUT2D eigenvalue weighted by Crippen LogP contribution is 2.29. The van der Waals surface area contributed by atoms with Gasteiger partial charge in [-0.1, -0.05) is 29.8 Å². The van der Waals surface area contributed by atoms with Gasteiger partial charge in [-0.3, -0.25) is 9.20 Å². The van der Waals surface area contributed by atoms with Crippen molar-refractivity contribution in [3.8, 4) is 22.7 Å². The van der Waals surface area contributed by atoms with Crippen LogP contribution in [0.25, 0.3) is 22.6 Å². The van der Waals surface area contributed by atoms with Crippen LogP contribution in [-0.4, -0.2) is 19.2 Å². The van der Waals surface area contributed by atoms with Gasteiger partial charge in [0.05, 0.1) is 22.5 Å². The van der Waals surface area contributed by atoms with Crippen LogP contribution in [0.1, 0.15) is 28.1 Å². The minimum Gasteiger partial charge on any atom is -0.485 e. The van der Waals surface area contributed by atoms with E-state index >= 15 is 0 Å². The lowest BCUT2D eigenvalue weighted by Gasteiger charge is -2.12. The van der Waals surface area contributed by atoms with Crippen molar-refractivity contribution < 1.29 is 17.9 Å². The van der Waals surface area contributed by atoms with Gasteiger partial charge in [-0.05, 0) is 68.8 Å². The van der Waals surface area contributed by atoms with Gasteiger partial charge in [0.15, 0.2) is 11.4 Å². The lowest BCUT2D eigenvalue weighted by Crippen LogP contribution is -2.19. The lowest BCUT2D eigenvalue weighted by atomic mass is 10.1. The highest BCUT2D eigenvalue weighted by atomic mass is 19.4. The molecule has 0 N–H and O–H groups in total. The molecule has 0 saturated carbocycles. The van der Waals surface area contributed by atoms with E-state index in [1.165, 1.54) is 16.5 Å². The molecule has 3 heterocycles. The molecule has 6 nitrogen and oxygen atoms in total. The van der Waals surface area contributed by atoms with Crippen molar-refractivity contribution in [3.63, 3.8) is 0 Å². The molecule has 0 aliphatic carbocycles. The van der Waals surface area contributed by atoms with E-state index in [1.807, 2.05) is 44.2 Å². The first kappa shape index (κ1) is 24.3. The summed E-state index contributed by atoms with van der Waals surface area (Å²) in [6, 6.07) is 17.9. The molecule has 0 atom stereocenters. The van der Waals surface area contributed by atoms with Gasteiger partial charge in [0.1, 0.15) is 12.3 Å². The van der Waals surface area contributed by atoms with Gasteiger partial charge in [0, 0.05) is 11.9 Å². The van der Waals surface area contributed by atoms with Crippen LogP contribution in [0.5, 0.6) is 5.75 Å². The predicted molar refractivity (Wildman–Crippen MR) is 134 cm³/mol. The van der Waals surface area contributed by atoms with Crippen molar-refractivity contribution in [1.82, 2.24) is 19.2 Å². The average molecular weight is 505 g/mol. The van der Waals surface area contributed by atoms with E-state index in [0.717, 1.165) is 29.1 Å². The molecule has 0 bridgehead atoms. The molecular weight excluding hydrogens is 481 g/mol. The van der Waals surface area contributed by atoms with E-state index in [0.29, 0.717) is 33.9 Å². The average Bonchev–Trinajstić information content (AvgIpc) is 3.24. The van der Waals surface area contributed by atoms with E-state index < -0.39 is 11.7 Å². The molecule has 0 spiro atoms. The minimum atomic E-state index is -4.40. The zero-order chi connectivity index (χ0) is 26.3. The third-order valence-corrected chi connectivity index (χ3v) is 6.10. The Bertz CT molecular complexity index is 1650. The maximum atomic E-state index is 13.5. The molecule has 0 radical (unpaired) electrons. The number of alkyl halides is 3. The number of pyridine rings is 1. The summed E-state index contributed by atoms with van der Waals surface area (Å²) in [5.41, 5.74) is 4.13. The van der Waals surface area contributed by atoms with Crippen molar-refractivity contribution >= 4 is 5.65 Å². The Morgan fingerprint density at radius 1 is 0.946 bits per heavy atom. The van der Waals surface area contributed by atoms with Gasteiger partial charge in [0.2, 0.25) is 0 Å². The topological polar surface area (TPSA) is 61.4 Å². The summed E-state index contributed by atoms with van der Waals surface area (Å²) in [7, 11) is 0. The fourth-order valence-corrected chi connectivity index (χ4v) is 4.15. The van der Waals surface area contributed by atoms with Crippen LogP contribution in [0.3, 0.4) is 0 Å². The Labute approximate surface area is 210 Å². The number of aryl methyl sites for hydroxylation is 3. The second kappa shape index (κ2) is 9.24. The number of nitrogens with zero attached hydrogens (tertiary/aromatic N) is 4. The van der Waals surface area contributed by atoms with Crippen LogP contribution >= 0.6 is 0 Å². The molecule has 9 heteroatoms. The van der Waals surface area contributed by atoms with Gasteiger partial charge >= 0.3 is 6.18 Å². The smallest absolute Gasteiger partial charge is 0.416 e. The van der Waals surface area contributed by atoms with Crippen LogP contribution in [0.15, 0.2) is 77.7 Å². The molecular formula is C28H23F3N4O2. The first-order valence-corrected chi connectivity index (χ1v) is 11.6. The van der Waals surface area contributed by atoms with Gasteiger partial charge in [-0.2, -0.15) is 18.3 Å². The summed E-state index contributed by atoms with van der Waals surface area (Å²) in [4.78, 5) is 18.2. The summed E-state index contributed by atoms with van der Waals surface area (Å²) in [6.45, 7) is 5.70. The molecule has 2 aromatic carbocycles. The first-order chi connectivity index (χ1) is 17.6. The van der Waals surface area contributed by atoms with E-state index in [1.54, 1.807) is 29.9 Å². The number of fused-ring (bicyclic) bond motifs is 1. The monoisotopic (exact) mass is 504 g/mol. The number of hydrogen-bond donors (Lipinski definition) is 0. The second-order valence-electron chi connectivity index (χ2n) is 8.85. The normalized spacial score (nSPS) is 11.7. The number of benzene rings is 2. The van der Waals surface area contributed by atoms with Crippen molar-refractivity contribution in [1.29, 1.82) is 0 Å². The van der Waals surface area contributed by atoms with Crippen LogP contribution in [0.2, 0.25) is 0 Å². The Morgan fingerprint density at radius 2 is 1.65 bits per heavy atom. The molecule has 0 aliphatic rings. The van der Waals surface area contributed by atoms with Crippen LogP contribution in [0.4, 0.5) is 13.2 Å². The summed E-state index contributed by atoms with van der Waals surface area (Å²) in [6.07, 6.45) is -2.80. The lowest BCUT2D eigenvalue weighted by molar-refractivity contribution is -0.137. The Balaban J connectivity index is 1.48. The van der Waals surface area contributed by atoms with E-state index in [9.17, 15) is 18.0 Å². The van der Waals surface area contributed by atoms with Crippen molar-refractivity contribution in [2.45, 2.75) is 33.6 Å². The Hall–Kier alpha value is -4.40. The number of rotatable bonds is 5. The molecule has 37 heavy (non-hydrogen) atoms. The fourth-order valence-electron chi connectivity index (χ4n) is 4.15. The predicted octanol–water partition coefficient (Wildman–Crippen LogP) is 6.07. The van der Waals surface area contributed by atoms with Gasteiger partial charge < -0.3 is 4.74 Å². The summed E-state index contributed by atoms with van der Waals surface area (Å²) < 4.78 is 47.5. The SMILES string of the molecule is Cc1ccc(-n2nc(-c3c(C)nc4c(OCc5ccc(C(F)(F)F)cc5)cccn4c3=O)cc2C)cc1. The Morgan fingerprint density at radius 3 is 2.32 bits per heavy atom. The van der Waals surface area contributed by atoms with Crippen molar-refractivity contribution in [2.24, 2.45) is 0 Å². The zero-order valence-electron chi connectivity index (χ0n) is 20.4. The van der Waals surface area contributed by atoms with Crippen molar-refractivity contribution in [2.75, 3.05) is 0 Å². The second-order valence-corrected chi connectivity index (χ2v) is 8.85. The molecule has 0 fully saturated rings. The third kappa shape index (κ3) is 4.72. The molecule has 0 aliphatic heterocycles. The summed E-state index contributed by atoms with van der Waals surface area (Å²) in [5.74, 6) is 0.343. The number of aromatic nitrogens is 4. The number of halogens is 3. The quantitative estimate of drug-likeness (QED) is 0.292. The largest absolute Gasteiger partial charge is 0.485 e. The number of ether oxygens (including phenoxy) is 1. The highest BCUT2D eigenvalue weighted by Gasteiger charge is 2.30. The van der Waals surface area contributed by atoms with E-state index in [4.69, 9.17) is 4.74 Å². The summed E-state index contributed by atoms with van der Waals surface area (Å²) >= 11 is 0. The molecule has 0 saturated heterocycles.